The first kappa shape index (κ1) is 14.3. The molecule has 2 aromatic rings. The summed E-state index contributed by atoms with van der Waals surface area (Å²) in [5.74, 6) is 0.879. The fraction of sp³-hybridized carbons (Fsp3) is 0.316. The van der Waals surface area contributed by atoms with Crippen molar-refractivity contribution in [2.75, 3.05) is 24.6 Å². The summed E-state index contributed by atoms with van der Waals surface area (Å²) in [5, 5.41) is 0. The molecular formula is C19H20N2O2. The van der Waals surface area contributed by atoms with Crippen molar-refractivity contribution in [3.05, 3.63) is 60.2 Å². The summed E-state index contributed by atoms with van der Waals surface area (Å²) < 4.78 is 5.54. The Bertz CT molecular complexity index is 702. The van der Waals surface area contributed by atoms with Crippen LogP contribution < -0.4 is 9.64 Å². The lowest BCUT2D eigenvalue weighted by molar-refractivity contribution is -0.121. The van der Waals surface area contributed by atoms with Gasteiger partial charge in [0.1, 0.15) is 5.75 Å². The van der Waals surface area contributed by atoms with Crippen LogP contribution in [0.2, 0.25) is 0 Å². The highest BCUT2D eigenvalue weighted by molar-refractivity contribution is 5.98. The van der Waals surface area contributed by atoms with Gasteiger partial charge >= 0.3 is 0 Å². The van der Waals surface area contributed by atoms with Crippen LogP contribution in [-0.4, -0.2) is 36.5 Å². The summed E-state index contributed by atoms with van der Waals surface area (Å²) in [6, 6.07) is 18.6. The molecule has 0 aliphatic carbocycles. The number of rotatable bonds is 3. The smallest absolute Gasteiger partial charge is 0.265 e. The van der Waals surface area contributed by atoms with E-state index >= 15 is 0 Å². The molecule has 2 aromatic carbocycles. The lowest BCUT2D eigenvalue weighted by Crippen LogP contribution is -2.46. The number of para-hydroxylation sites is 2. The number of likely N-dealkylation sites (tertiary alicyclic amines) is 1. The third-order valence-corrected chi connectivity index (χ3v) is 4.61. The van der Waals surface area contributed by atoms with E-state index in [1.165, 1.54) is 5.56 Å². The first-order valence-corrected chi connectivity index (χ1v) is 8.11. The molecule has 4 nitrogen and oxygen atoms in total. The van der Waals surface area contributed by atoms with Crippen molar-refractivity contribution < 1.29 is 9.53 Å². The SMILES string of the molecule is O=C1COc2ccccc2N1C1CCN(Cc2ccccc2)C1. The fourth-order valence-electron chi connectivity index (χ4n) is 3.53. The van der Waals surface area contributed by atoms with Crippen molar-refractivity contribution in [1.29, 1.82) is 0 Å². The third-order valence-electron chi connectivity index (χ3n) is 4.61. The largest absolute Gasteiger partial charge is 0.482 e. The molecule has 1 atom stereocenters. The maximum Gasteiger partial charge on any atom is 0.265 e. The molecule has 1 fully saturated rings. The number of benzene rings is 2. The van der Waals surface area contributed by atoms with Gasteiger partial charge in [-0.15, -0.1) is 0 Å². The van der Waals surface area contributed by atoms with Gasteiger partial charge in [0, 0.05) is 19.6 Å². The molecule has 118 valence electrons. The van der Waals surface area contributed by atoms with Crippen LogP contribution in [0.15, 0.2) is 54.6 Å². The molecule has 0 N–H and O–H groups in total. The Kier molecular flexibility index (Phi) is 3.75. The summed E-state index contributed by atoms with van der Waals surface area (Å²) in [6.07, 6.45) is 1.01. The number of amides is 1. The van der Waals surface area contributed by atoms with Crippen LogP contribution in [0.5, 0.6) is 5.75 Å². The normalized spacial score (nSPS) is 21.1. The zero-order chi connectivity index (χ0) is 15.6. The van der Waals surface area contributed by atoms with Gasteiger partial charge in [0.25, 0.3) is 5.91 Å². The van der Waals surface area contributed by atoms with E-state index in [4.69, 9.17) is 4.74 Å². The molecule has 1 amide bonds. The quantitative estimate of drug-likeness (QED) is 0.874. The molecule has 0 spiro atoms. The molecule has 0 radical (unpaired) electrons. The van der Waals surface area contributed by atoms with Gasteiger partial charge < -0.3 is 9.64 Å². The predicted molar refractivity (Wildman–Crippen MR) is 89.5 cm³/mol. The standard InChI is InChI=1S/C19H20N2O2/c22-19-14-23-18-9-5-4-8-17(18)21(19)16-10-11-20(13-16)12-15-6-2-1-3-7-15/h1-9,16H,10-14H2. The Morgan fingerprint density at radius 1 is 1.04 bits per heavy atom. The summed E-state index contributed by atoms with van der Waals surface area (Å²) >= 11 is 0. The van der Waals surface area contributed by atoms with Gasteiger partial charge in [0.05, 0.1) is 11.7 Å². The maximum absolute atomic E-state index is 12.4. The number of anilines is 1. The van der Waals surface area contributed by atoms with Crippen molar-refractivity contribution in [3.8, 4) is 5.75 Å². The third kappa shape index (κ3) is 2.82. The van der Waals surface area contributed by atoms with Gasteiger partial charge in [-0.05, 0) is 24.1 Å². The van der Waals surface area contributed by atoms with Gasteiger partial charge in [-0.2, -0.15) is 0 Å². The molecule has 4 rings (SSSR count). The zero-order valence-corrected chi connectivity index (χ0v) is 13.0. The molecule has 0 saturated carbocycles. The van der Waals surface area contributed by atoms with E-state index in [2.05, 4.69) is 29.2 Å². The van der Waals surface area contributed by atoms with Crippen molar-refractivity contribution in [3.63, 3.8) is 0 Å². The van der Waals surface area contributed by atoms with E-state index in [1.807, 2.05) is 35.2 Å². The second-order valence-corrected chi connectivity index (χ2v) is 6.18. The first-order chi connectivity index (χ1) is 11.3. The van der Waals surface area contributed by atoms with E-state index in [0.29, 0.717) is 0 Å². The van der Waals surface area contributed by atoms with Gasteiger partial charge in [0.2, 0.25) is 0 Å². The highest BCUT2D eigenvalue weighted by Crippen LogP contribution is 2.35. The summed E-state index contributed by atoms with van der Waals surface area (Å²) in [5.41, 5.74) is 2.23. The minimum atomic E-state index is 0.0651. The van der Waals surface area contributed by atoms with Crippen molar-refractivity contribution in [2.24, 2.45) is 0 Å². The number of carbonyl (C=O) groups excluding carboxylic acids is 1. The average Bonchev–Trinajstić information content (AvgIpc) is 3.03. The van der Waals surface area contributed by atoms with E-state index in [9.17, 15) is 4.79 Å². The van der Waals surface area contributed by atoms with Crippen LogP contribution in [0.4, 0.5) is 5.69 Å². The molecule has 0 bridgehead atoms. The van der Waals surface area contributed by atoms with Crippen LogP contribution >= 0.6 is 0 Å². The minimum Gasteiger partial charge on any atom is -0.482 e. The summed E-state index contributed by atoms with van der Waals surface area (Å²) in [6.45, 7) is 3.02. The van der Waals surface area contributed by atoms with Crippen molar-refractivity contribution in [2.45, 2.75) is 19.0 Å². The Hall–Kier alpha value is -2.33. The van der Waals surface area contributed by atoms with Gasteiger partial charge in [-0.3, -0.25) is 9.69 Å². The van der Waals surface area contributed by atoms with Crippen molar-refractivity contribution in [1.82, 2.24) is 4.90 Å². The maximum atomic E-state index is 12.4. The number of fused-ring (bicyclic) bond motifs is 1. The van der Waals surface area contributed by atoms with E-state index in [1.54, 1.807) is 0 Å². The monoisotopic (exact) mass is 308 g/mol. The Morgan fingerprint density at radius 2 is 1.83 bits per heavy atom. The number of carbonyl (C=O) groups is 1. The fourth-order valence-corrected chi connectivity index (χ4v) is 3.53. The zero-order valence-electron chi connectivity index (χ0n) is 13.0. The van der Waals surface area contributed by atoms with Crippen LogP contribution in [0.25, 0.3) is 0 Å². The Balaban J connectivity index is 1.50. The van der Waals surface area contributed by atoms with Crippen LogP contribution in [0.3, 0.4) is 0 Å². The van der Waals surface area contributed by atoms with Crippen molar-refractivity contribution >= 4 is 11.6 Å². The molecule has 2 heterocycles. The van der Waals surface area contributed by atoms with Gasteiger partial charge in [-0.25, -0.2) is 0 Å². The second-order valence-electron chi connectivity index (χ2n) is 6.18. The van der Waals surface area contributed by atoms with Crippen LogP contribution in [0, 0.1) is 0 Å². The summed E-state index contributed by atoms with van der Waals surface area (Å²) in [7, 11) is 0. The molecule has 23 heavy (non-hydrogen) atoms. The molecule has 2 aliphatic heterocycles. The number of hydrogen-bond acceptors (Lipinski definition) is 3. The Labute approximate surface area is 136 Å². The minimum absolute atomic E-state index is 0.0651. The van der Waals surface area contributed by atoms with E-state index in [0.717, 1.165) is 37.5 Å². The predicted octanol–water partition coefficient (Wildman–Crippen LogP) is 2.69. The number of ether oxygens (including phenoxy) is 1. The second kappa shape index (κ2) is 6.05. The summed E-state index contributed by atoms with van der Waals surface area (Å²) in [4.78, 5) is 16.8. The highest BCUT2D eigenvalue weighted by Gasteiger charge is 2.35. The molecule has 4 heteroatoms. The highest BCUT2D eigenvalue weighted by atomic mass is 16.5. The van der Waals surface area contributed by atoms with Gasteiger partial charge in [0.15, 0.2) is 6.61 Å². The first-order valence-electron chi connectivity index (χ1n) is 8.11. The van der Waals surface area contributed by atoms with Gasteiger partial charge in [-0.1, -0.05) is 42.5 Å². The molecule has 0 aromatic heterocycles. The molecule has 1 saturated heterocycles. The number of hydrogen-bond donors (Lipinski definition) is 0. The van der Waals surface area contributed by atoms with Crippen LogP contribution in [0.1, 0.15) is 12.0 Å². The Morgan fingerprint density at radius 3 is 2.70 bits per heavy atom. The molecule has 1 unspecified atom stereocenters. The average molecular weight is 308 g/mol. The lowest BCUT2D eigenvalue weighted by Gasteiger charge is -2.34. The van der Waals surface area contributed by atoms with Crippen LogP contribution in [-0.2, 0) is 11.3 Å². The number of nitrogens with zero attached hydrogens (tertiary/aromatic N) is 2. The molecule has 2 aliphatic rings. The van der Waals surface area contributed by atoms with E-state index in [-0.39, 0.29) is 18.6 Å². The lowest BCUT2D eigenvalue weighted by atomic mass is 10.1. The van der Waals surface area contributed by atoms with E-state index < -0.39 is 0 Å². The topological polar surface area (TPSA) is 32.8 Å². The molecular weight excluding hydrogens is 288 g/mol.